The third-order valence-corrected chi connectivity index (χ3v) is 2.99. The van der Waals surface area contributed by atoms with Gasteiger partial charge in [0.1, 0.15) is 5.82 Å². The van der Waals surface area contributed by atoms with E-state index in [0.29, 0.717) is 6.61 Å². The van der Waals surface area contributed by atoms with Crippen LogP contribution in [0.2, 0.25) is 0 Å². The molecule has 0 heterocycles. The number of hydrogen-bond donors (Lipinski definition) is 1. The fourth-order valence-corrected chi connectivity index (χ4v) is 1.61. The van der Waals surface area contributed by atoms with Crippen LogP contribution >= 0.6 is 0 Å². The van der Waals surface area contributed by atoms with E-state index in [2.05, 4.69) is 20.8 Å². The van der Waals surface area contributed by atoms with E-state index >= 15 is 0 Å². The first-order valence-corrected chi connectivity index (χ1v) is 6.42. The van der Waals surface area contributed by atoms with Crippen molar-refractivity contribution in [2.75, 3.05) is 6.61 Å². The van der Waals surface area contributed by atoms with Crippen LogP contribution in [-0.2, 0) is 4.74 Å². The van der Waals surface area contributed by atoms with E-state index in [1.165, 1.54) is 12.1 Å². The number of ether oxygens (including phenoxy) is 1. The summed E-state index contributed by atoms with van der Waals surface area (Å²) >= 11 is 0. The van der Waals surface area contributed by atoms with Gasteiger partial charge in [-0.25, -0.2) is 4.39 Å². The highest BCUT2D eigenvalue weighted by Gasteiger charge is 2.17. The molecular weight excluding hydrogens is 229 g/mol. The van der Waals surface area contributed by atoms with Crippen LogP contribution in [0.4, 0.5) is 4.39 Å². The zero-order valence-electron chi connectivity index (χ0n) is 11.7. The van der Waals surface area contributed by atoms with E-state index in [0.717, 1.165) is 12.0 Å². The second kappa shape index (κ2) is 6.30. The predicted molar refractivity (Wildman–Crippen MR) is 72.8 cm³/mol. The minimum absolute atomic E-state index is 0.0715. The van der Waals surface area contributed by atoms with Gasteiger partial charge in [-0.05, 0) is 36.5 Å². The van der Waals surface area contributed by atoms with Crippen molar-refractivity contribution in [1.29, 1.82) is 0 Å². The summed E-state index contributed by atoms with van der Waals surface area (Å²) in [4.78, 5) is 0. The van der Waals surface area contributed by atoms with Crippen LogP contribution in [-0.4, -0.2) is 12.7 Å². The zero-order valence-corrected chi connectivity index (χ0v) is 11.7. The molecule has 102 valence electrons. The lowest BCUT2D eigenvalue weighted by Crippen LogP contribution is -2.27. The number of halogens is 1. The Balaban J connectivity index is 2.46. The Morgan fingerprint density at radius 1 is 1.22 bits per heavy atom. The first-order chi connectivity index (χ1) is 8.29. The van der Waals surface area contributed by atoms with Crippen LogP contribution in [0.25, 0.3) is 0 Å². The molecule has 0 saturated carbocycles. The Kier molecular flexibility index (Phi) is 5.29. The molecule has 2 N–H and O–H groups in total. The average Bonchev–Trinajstić information content (AvgIpc) is 2.27. The molecule has 1 aromatic carbocycles. The zero-order chi connectivity index (χ0) is 13.8. The topological polar surface area (TPSA) is 35.2 Å². The van der Waals surface area contributed by atoms with Gasteiger partial charge in [0, 0.05) is 6.61 Å². The summed E-state index contributed by atoms with van der Waals surface area (Å²) in [5, 5.41) is 0. The third-order valence-electron chi connectivity index (χ3n) is 2.99. The highest BCUT2D eigenvalue weighted by Crippen LogP contribution is 2.21. The molecule has 0 fully saturated rings. The maximum atomic E-state index is 12.8. The standard InChI is InChI=1S/C15H24FNO/c1-11(18-10-9-15(2,3)4)14(17)12-5-7-13(16)8-6-12/h5-8,11,14H,9-10,17H2,1-4H3. The number of benzene rings is 1. The summed E-state index contributed by atoms with van der Waals surface area (Å²) in [7, 11) is 0. The number of hydrogen-bond acceptors (Lipinski definition) is 2. The Bertz CT molecular complexity index is 356. The molecule has 0 spiro atoms. The van der Waals surface area contributed by atoms with Crippen molar-refractivity contribution in [3.8, 4) is 0 Å². The van der Waals surface area contributed by atoms with E-state index in [-0.39, 0.29) is 23.4 Å². The fourth-order valence-electron chi connectivity index (χ4n) is 1.61. The van der Waals surface area contributed by atoms with Gasteiger partial charge in [-0.15, -0.1) is 0 Å². The van der Waals surface area contributed by atoms with Gasteiger partial charge in [0.15, 0.2) is 0 Å². The van der Waals surface area contributed by atoms with E-state index in [1.807, 2.05) is 6.92 Å². The lowest BCUT2D eigenvalue weighted by atomic mass is 9.93. The highest BCUT2D eigenvalue weighted by molar-refractivity contribution is 5.20. The van der Waals surface area contributed by atoms with Gasteiger partial charge in [0.2, 0.25) is 0 Å². The Morgan fingerprint density at radius 2 is 1.78 bits per heavy atom. The second-order valence-corrected chi connectivity index (χ2v) is 5.96. The molecular formula is C15H24FNO. The normalized spacial score (nSPS) is 15.4. The third kappa shape index (κ3) is 5.15. The van der Waals surface area contributed by atoms with Gasteiger partial charge in [-0.1, -0.05) is 32.9 Å². The molecule has 0 aliphatic heterocycles. The van der Waals surface area contributed by atoms with Gasteiger partial charge in [0.25, 0.3) is 0 Å². The van der Waals surface area contributed by atoms with E-state index < -0.39 is 0 Å². The molecule has 3 heteroatoms. The summed E-state index contributed by atoms with van der Waals surface area (Å²) < 4.78 is 18.6. The molecule has 18 heavy (non-hydrogen) atoms. The molecule has 0 radical (unpaired) electrons. The van der Waals surface area contributed by atoms with Crippen LogP contribution < -0.4 is 5.73 Å². The Morgan fingerprint density at radius 3 is 2.28 bits per heavy atom. The SMILES string of the molecule is CC(OCCC(C)(C)C)C(N)c1ccc(F)cc1. The van der Waals surface area contributed by atoms with E-state index in [4.69, 9.17) is 10.5 Å². The lowest BCUT2D eigenvalue weighted by Gasteiger charge is -2.24. The van der Waals surface area contributed by atoms with Crippen LogP contribution in [0.3, 0.4) is 0 Å². The summed E-state index contributed by atoms with van der Waals surface area (Å²) in [6.45, 7) is 9.19. The Hall–Kier alpha value is -0.930. The van der Waals surface area contributed by atoms with Crippen LogP contribution in [0.15, 0.2) is 24.3 Å². The summed E-state index contributed by atoms with van der Waals surface area (Å²) in [6.07, 6.45) is 0.922. The van der Waals surface area contributed by atoms with Crippen molar-refractivity contribution in [2.45, 2.75) is 46.3 Å². The monoisotopic (exact) mass is 253 g/mol. The molecule has 2 unspecified atom stereocenters. The van der Waals surface area contributed by atoms with Gasteiger partial charge in [-0.3, -0.25) is 0 Å². The first kappa shape index (κ1) is 15.1. The van der Waals surface area contributed by atoms with Gasteiger partial charge in [-0.2, -0.15) is 0 Å². The molecule has 0 amide bonds. The van der Waals surface area contributed by atoms with Crippen molar-refractivity contribution in [2.24, 2.45) is 11.1 Å². The molecule has 0 aliphatic carbocycles. The van der Waals surface area contributed by atoms with Crippen molar-refractivity contribution in [3.63, 3.8) is 0 Å². The maximum Gasteiger partial charge on any atom is 0.123 e. The largest absolute Gasteiger partial charge is 0.377 e. The maximum absolute atomic E-state index is 12.8. The molecule has 1 rings (SSSR count). The molecule has 0 aliphatic rings. The molecule has 2 atom stereocenters. The molecule has 0 saturated heterocycles. The Labute approximate surface area is 109 Å². The van der Waals surface area contributed by atoms with Crippen molar-refractivity contribution in [3.05, 3.63) is 35.6 Å². The molecule has 2 nitrogen and oxygen atoms in total. The van der Waals surface area contributed by atoms with E-state index in [1.54, 1.807) is 12.1 Å². The van der Waals surface area contributed by atoms with Crippen LogP contribution in [0, 0.1) is 11.2 Å². The lowest BCUT2D eigenvalue weighted by molar-refractivity contribution is 0.0332. The molecule has 1 aromatic rings. The second-order valence-electron chi connectivity index (χ2n) is 5.96. The first-order valence-electron chi connectivity index (χ1n) is 6.42. The van der Waals surface area contributed by atoms with Crippen LogP contribution in [0.1, 0.15) is 45.7 Å². The quantitative estimate of drug-likeness (QED) is 0.869. The van der Waals surface area contributed by atoms with Crippen molar-refractivity contribution >= 4 is 0 Å². The van der Waals surface area contributed by atoms with Crippen LogP contribution in [0.5, 0.6) is 0 Å². The minimum Gasteiger partial charge on any atom is -0.377 e. The van der Waals surface area contributed by atoms with Gasteiger partial charge >= 0.3 is 0 Å². The fraction of sp³-hybridized carbons (Fsp3) is 0.600. The smallest absolute Gasteiger partial charge is 0.123 e. The highest BCUT2D eigenvalue weighted by atomic mass is 19.1. The summed E-state index contributed by atoms with van der Waals surface area (Å²) in [6, 6.07) is 6.06. The van der Waals surface area contributed by atoms with Crippen molar-refractivity contribution in [1.82, 2.24) is 0 Å². The minimum atomic E-state index is -0.243. The molecule has 0 aromatic heterocycles. The summed E-state index contributed by atoms with van der Waals surface area (Å²) in [5.74, 6) is -0.243. The number of nitrogens with two attached hydrogens (primary N) is 1. The average molecular weight is 253 g/mol. The molecule has 0 bridgehead atoms. The predicted octanol–water partition coefficient (Wildman–Crippen LogP) is 3.67. The number of rotatable bonds is 5. The van der Waals surface area contributed by atoms with Gasteiger partial charge < -0.3 is 10.5 Å². The van der Waals surface area contributed by atoms with Gasteiger partial charge in [0.05, 0.1) is 12.1 Å². The summed E-state index contributed by atoms with van der Waals surface area (Å²) in [5.41, 5.74) is 7.26. The van der Waals surface area contributed by atoms with E-state index in [9.17, 15) is 4.39 Å². The van der Waals surface area contributed by atoms with Crippen molar-refractivity contribution < 1.29 is 9.13 Å².